The van der Waals surface area contributed by atoms with Crippen molar-refractivity contribution in [3.8, 4) is 11.1 Å². The highest BCUT2D eigenvalue weighted by Gasteiger charge is 2.63. The van der Waals surface area contributed by atoms with Gasteiger partial charge in [0.15, 0.2) is 0 Å². The summed E-state index contributed by atoms with van der Waals surface area (Å²) >= 11 is 5.92. The molecule has 1 saturated carbocycles. The first-order valence-electron chi connectivity index (χ1n) is 10.0. The lowest BCUT2D eigenvalue weighted by atomic mass is 10.1. The highest BCUT2D eigenvalue weighted by molar-refractivity contribution is 7.89. The number of sulfonamides is 1. The topological polar surface area (TPSA) is 86.7 Å². The van der Waals surface area contributed by atoms with Crippen LogP contribution in [0.1, 0.15) is 17.9 Å². The highest BCUT2D eigenvalue weighted by Crippen LogP contribution is 2.52. The summed E-state index contributed by atoms with van der Waals surface area (Å²) in [4.78, 5) is 14.0. The van der Waals surface area contributed by atoms with E-state index < -0.39 is 27.4 Å². The first-order valence-corrected chi connectivity index (χ1v) is 11.9. The van der Waals surface area contributed by atoms with Crippen LogP contribution in [0.2, 0.25) is 5.02 Å². The Morgan fingerprint density at radius 3 is 2.19 bits per heavy atom. The fourth-order valence-corrected chi connectivity index (χ4v) is 5.38. The van der Waals surface area contributed by atoms with Crippen LogP contribution < -0.4 is 9.62 Å². The molecule has 0 aliphatic heterocycles. The fraction of sp³-hybridized carbons (Fsp3) is 0.208. The Kier molecular flexibility index (Phi) is 5.75. The molecule has 0 unspecified atom stereocenters. The third-order valence-electron chi connectivity index (χ3n) is 5.79. The van der Waals surface area contributed by atoms with Gasteiger partial charge in [0, 0.05) is 30.7 Å². The maximum Gasteiger partial charge on any atom is 0.325 e. The van der Waals surface area contributed by atoms with Crippen molar-refractivity contribution < 1.29 is 18.3 Å². The summed E-state index contributed by atoms with van der Waals surface area (Å²) in [5, 5.41) is 10.5. The van der Waals surface area contributed by atoms with Gasteiger partial charge in [-0.25, -0.2) is 8.42 Å². The van der Waals surface area contributed by atoms with Crippen molar-refractivity contribution in [1.29, 1.82) is 0 Å². The fourth-order valence-electron chi connectivity index (χ4n) is 3.85. The number of halogens is 1. The number of nitrogens with zero attached hydrogens (tertiary/aromatic N) is 1. The van der Waals surface area contributed by atoms with E-state index in [2.05, 4.69) is 4.72 Å². The minimum Gasteiger partial charge on any atom is -0.480 e. The Bertz CT molecular complexity index is 1260. The molecule has 4 rings (SSSR count). The molecule has 6 nitrogen and oxygen atoms in total. The van der Waals surface area contributed by atoms with Crippen molar-refractivity contribution in [2.24, 2.45) is 0 Å². The van der Waals surface area contributed by atoms with Crippen LogP contribution in [0.15, 0.2) is 77.7 Å². The standard InChI is InChI=1S/C24H23ClN2O4S/c1-27(2)20-5-3-4-18(14-20)22-15-24(22,23(28)29)26-32(30,31)21-12-8-17(9-13-21)16-6-10-19(25)11-7-16/h3-14,22,26H,15H2,1-2H3,(H,28,29)/t22-,24+/m0/s1. The molecule has 2 atom stereocenters. The second-order valence-electron chi connectivity index (χ2n) is 8.16. The average Bonchev–Trinajstić information content (AvgIpc) is 3.49. The second-order valence-corrected chi connectivity index (χ2v) is 10.3. The summed E-state index contributed by atoms with van der Waals surface area (Å²) in [5.41, 5.74) is 1.89. The SMILES string of the molecule is CN(C)c1cccc([C@@H]2C[C@]2(NS(=O)(=O)c2ccc(-c3ccc(Cl)cc3)cc2)C(=O)O)c1. The number of aliphatic carboxylic acids is 1. The number of carbonyl (C=O) groups is 1. The molecule has 0 aromatic heterocycles. The second kappa shape index (κ2) is 8.24. The number of anilines is 1. The van der Waals surface area contributed by atoms with Crippen LogP contribution in [0.3, 0.4) is 0 Å². The molecule has 0 heterocycles. The van der Waals surface area contributed by atoms with Gasteiger partial charge in [0.2, 0.25) is 10.0 Å². The molecule has 1 aliphatic rings. The van der Waals surface area contributed by atoms with Gasteiger partial charge in [0.05, 0.1) is 4.90 Å². The van der Waals surface area contributed by atoms with Gasteiger partial charge in [-0.1, -0.05) is 48.0 Å². The molecule has 3 aromatic carbocycles. The van der Waals surface area contributed by atoms with Gasteiger partial charge in [-0.2, -0.15) is 4.72 Å². The van der Waals surface area contributed by atoms with Crippen molar-refractivity contribution >= 4 is 33.3 Å². The van der Waals surface area contributed by atoms with Crippen LogP contribution in [-0.4, -0.2) is 39.1 Å². The summed E-state index contributed by atoms with van der Waals surface area (Å²) in [6.45, 7) is 0. The van der Waals surface area contributed by atoms with Gasteiger partial charge in [-0.15, -0.1) is 0 Å². The van der Waals surface area contributed by atoms with Gasteiger partial charge in [-0.3, -0.25) is 4.79 Å². The summed E-state index contributed by atoms with van der Waals surface area (Å²) in [6.07, 6.45) is 0.196. The van der Waals surface area contributed by atoms with E-state index in [0.717, 1.165) is 22.4 Å². The lowest BCUT2D eigenvalue weighted by Gasteiger charge is -2.17. The van der Waals surface area contributed by atoms with E-state index in [0.29, 0.717) is 5.02 Å². The van der Waals surface area contributed by atoms with Crippen LogP contribution in [-0.2, 0) is 14.8 Å². The third-order valence-corrected chi connectivity index (χ3v) is 7.57. The molecular formula is C24H23ClN2O4S. The summed E-state index contributed by atoms with van der Waals surface area (Å²) < 4.78 is 28.5. The van der Waals surface area contributed by atoms with Crippen LogP contribution in [0.4, 0.5) is 5.69 Å². The molecule has 0 amide bonds. The molecule has 0 bridgehead atoms. The maximum atomic E-state index is 13.0. The number of rotatable bonds is 7. The van der Waals surface area contributed by atoms with Crippen molar-refractivity contribution in [3.63, 3.8) is 0 Å². The molecule has 0 spiro atoms. The first kappa shape index (κ1) is 22.3. The normalized spacial score (nSPS) is 20.0. The van der Waals surface area contributed by atoms with Gasteiger partial charge >= 0.3 is 5.97 Å². The van der Waals surface area contributed by atoms with Crippen LogP contribution in [0.5, 0.6) is 0 Å². The van der Waals surface area contributed by atoms with E-state index in [9.17, 15) is 18.3 Å². The number of hydrogen-bond acceptors (Lipinski definition) is 4. The molecule has 1 aliphatic carbocycles. The van der Waals surface area contributed by atoms with Crippen LogP contribution in [0, 0.1) is 0 Å². The van der Waals surface area contributed by atoms with Gasteiger partial charge < -0.3 is 10.0 Å². The molecular weight excluding hydrogens is 448 g/mol. The van der Waals surface area contributed by atoms with Crippen LogP contribution >= 0.6 is 11.6 Å². The highest BCUT2D eigenvalue weighted by atomic mass is 35.5. The van der Waals surface area contributed by atoms with E-state index in [4.69, 9.17) is 11.6 Å². The maximum absolute atomic E-state index is 13.0. The van der Waals surface area contributed by atoms with Gasteiger partial charge in [0.1, 0.15) is 5.54 Å². The molecule has 0 radical (unpaired) electrons. The molecule has 3 aromatic rings. The van der Waals surface area contributed by atoms with Gasteiger partial charge in [-0.05, 0) is 59.5 Å². The summed E-state index contributed by atoms with van der Waals surface area (Å²) in [5.74, 6) is -1.62. The van der Waals surface area contributed by atoms with Crippen molar-refractivity contribution in [2.75, 3.05) is 19.0 Å². The number of carboxylic acids is 1. The summed E-state index contributed by atoms with van der Waals surface area (Å²) in [7, 11) is -0.244. The Hall–Kier alpha value is -2.87. The lowest BCUT2D eigenvalue weighted by Crippen LogP contribution is -2.44. The Morgan fingerprint density at radius 2 is 1.62 bits per heavy atom. The van der Waals surface area contributed by atoms with E-state index in [1.54, 1.807) is 24.3 Å². The zero-order chi connectivity index (χ0) is 23.1. The predicted octanol–water partition coefficient (Wildman–Crippen LogP) is 4.36. The summed E-state index contributed by atoms with van der Waals surface area (Å²) in [6, 6.07) is 21.0. The third kappa shape index (κ3) is 4.24. The van der Waals surface area contributed by atoms with E-state index in [-0.39, 0.29) is 11.3 Å². The van der Waals surface area contributed by atoms with Crippen LogP contribution in [0.25, 0.3) is 11.1 Å². The number of hydrogen-bond donors (Lipinski definition) is 2. The largest absolute Gasteiger partial charge is 0.480 e. The molecule has 0 saturated heterocycles. The van der Waals surface area contributed by atoms with Crippen molar-refractivity contribution in [2.45, 2.75) is 22.8 Å². The Labute approximate surface area is 192 Å². The number of benzene rings is 3. The minimum absolute atomic E-state index is 0.0172. The van der Waals surface area contributed by atoms with Crippen molar-refractivity contribution in [1.82, 2.24) is 4.72 Å². The molecule has 8 heteroatoms. The van der Waals surface area contributed by atoms with E-state index in [1.807, 2.05) is 55.4 Å². The van der Waals surface area contributed by atoms with Gasteiger partial charge in [0.25, 0.3) is 0 Å². The predicted molar refractivity (Wildman–Crippen MR) is 126 cm³/mol. The average molecular weight is 471 g/mol. The van der Waals surface area contributed by atoms with Crippen molar-refractivity contribution in [3.05, 3.63) is 83.4 Å². The number of nitrogens with one attached hydrogen (secondary N) is 1. The smallest absolute Gasteiger partial charge is 0.325 e. The zero-order valence-electron chi connectivity index (χ0n) is 17.6. The molecule has 32 heavy (non-hydrogen) atoms. The minimum atomic E-state index is -4.04. The Balaban J connectivity index is 1.58. The first-order chi connectivity index (χ1) is 15.1. The van der Waals surface area contributed by atoms with E-state index in [1.165, 1.54) is 12.1 Å². The lowest BCUT2D eigenvalue weighted by molar-refractivity contribution is -0.140. The Morgan fingerprint density at radius 1 is 1.03 bits per heavy atom. The molecule has 1 fully saturated rings. The van der Waals surface area contributed by atoms with E-state index >= 15 is 0 Å². The quantitative estimate of drug-likeness (QED) is 0.535. The monoisotopic (exact) mass is 470 g/mol. The zero-order valence-corrected chi connectivity index (χ0v) is 19.2. The molecule has 166 valence electrons. The molecule has 2 N–H and O–H groups in total. The number of carboxylic acid groups (broad SMARTS) is 1.